The number of methoxy groups -OCH3 is 3. The van der Waals surface area contributed by atoms with E-state index in [0.29, 0.717) is 122 Å². The number of likely N-dealkylation sites (N-methyl/N-ethyl adjacent to an activating group) is 2. The van der Waals surface area contributed by atoms with E-state index in [1.165, 1.54) is 68.3 Å². The topological polar surface area (TPSA) is 354 Å². The Labute approximate surface area is 693 Å². The summed E-state index contributed by atoms with van der Waals surface area (Å²) in [6, 6.07) is 12.0. The van der Waals surface area contributed by atoms with Crippen molar-refractivity contribution in [1.82, 2.24) is 58.7 Å². The second kappa shape index (κ2) is 41.5. The summed E-state index contributed by atoms with van der Waals surface area (Å²) in [6.45, 7) is 21.5. The largest absolute Gasteiger partial charge is 0.494 e. The highest BCUT2D eigenvalue weighted by Crippen LogP contribution is 2.44. The summed E-state index contributed by atoms with van der Waals surface area (Å²) in [7, 11) is 15.7. The Bertz CT molecular complexity index is 4430. The van der Waals surface area contributed by atoms with Gasteiger partial charge in [0.2, 0.25) is 75.0 Å². The molecule has 3 aromatic carbocycles. The van der Waals surface area contributed by atoms with Gasteiger partial charge >= 0.3 is 0 Å². The quantitative estimate of drug-likeness (QED) is 0.0228. The number of hydrogen-bond acceptors (Lipinski definition) is 28. The van der Waals surface area contributed by atoms with Gasteiger partial charge in [-0.2, -0.15) is 19.3 Å². The number of ether oxygens (including phenoxy) is 6. The Morgan fingerprint density at radius 2 is 0.828 bits per heavy atom. The van der Waals surface area contributed by atoms with Crippen LogP contribution in [0.1, 0.15) is 58.8 Å². The molecule has 3 atom stereocenters. The van der Waals surface area contributed by atoms with Crippen molar-refractivity contribution in [2.24, 2.45) is 0 Å². The second-order valence-electron chi connectivity index (χ2n) is 28.9. The van der Waals surface area contributed by atoms with Crippen molar-refractivity contribution >= 4 is 143 Å². The molecule has 0 saturated carbocycles. The van der Waals surface area contributed by atoms with Gasteiger partial charge in [0.15, 0.2) is 0 Å². The third-order valence-corrected chi connectivity index (χ3v) is 22.2. The van der Waals surface area contributed by atoms with Gasteiger partial charge in [0.1, 0.15) is 50.6 Å². The summed E-state index contributed by atoms with van der Waals surface area (Å²) in [5.74, 6) is 1.89. The standard InChI is InChI=1S/2C27H36ClN7O4.C24H34ClN7O5S/c2*1-6-25(37)30-21-13-22(24(38-5)14-23(21)34-10-7-18(8-11-34)33(3)4)31-27-29-15-20(28)26(32-27)39-19-9-12-35(16-19)17(2)36;1-7-22(33)27-18-12-19(21(36-5)13-20(18)31(4)11-10-30(2)3)28-24-26-14-17(25)23(29-24)37-16-8-9-32(15-16)38(6,34)35/h2*6,13-15,18-19H,1,7-12,16H2,2-5H3,(H,30,37)(H,29,31,32);7,12-14,16H,1,8-11,15H2,2-6H3,(H,27,33)(H,26,28,29)/t19-;;16-/m1.1/s1. The number of rotatable bonds is 30. The zero-order chi connectivity index (χ0) is 84.2. The molecule has 8 heterocycles. The number of anilines is 12. The molecule has 0 spiro atoms. The Morgan fingerprint density at radius 3 is 1.15 bits per heavy atom. The highest BCUT2D eigenvalue weighted by Gasteiger charge is 2.34. The van der Waals surface area contributed by atoms with Crippen LogP contribution in [-0.4, -0.2) is 283 Å². The molecule has 1 unspecified atom stereocenters. The fraction of sp³-hybridized carbons (Fsp3) is 0.474. The number of amides is 5. The predicted molar refractivity (Wildman–Crippen MR) is 454 cm³/mol. The summed E-state index contributed by atoms with van der Waals surface area (Å²) >= 11 is 18.9. The molecule has 0 aliphatic carbocycles. The number of carbonyl (C=O) groups is 5. The van der Waals surface area contributed by atoms with Crippen LogP contribution in [0.3, 0.4) is 0 Å². The van der Waals surface area contributed by atoms with E-state index >= 15 is 0 Å². The van der Waals surface area contributed by atoms with Crippen LogP contribution in [0.4, 0.5) is 69.0 Å². The number of nitrogens with one attached hydrogen (secondary N) is 6. The maximum atomic E-state index is 12.3. The van der Waals surface area contributed by atoms with E-state index < -0.39 is 16.1 Å². The molecule has 3 aromatic heterocycles. The maximum absolute atomic E-state index is 12.3. The van der Waals surface area contributed by atoms with Crippen LogP contribution in [0.5, 0.6) is 34.9 Å². The van der Waals surface area contributed by atoms with Crippen molar-refractivity contribution in [2.45, 2.75) is 89.2 Å². The number of piperidine rings is 2. The van der Waals surface area contributed by atoms with Crippen LogP contribution in [-0.2, 0) is 34.0 Å². The number of aromatic nitrogens is 6. The van der Waals surface area contributed by atoms with Crippen molar-refractivity contribution in [2.75, 3.05) is 202 Å². The lowest BCUT2D eigenvalue weighted by Crippen LogP contribution is -2.42. The average molecular weight is 1680 g/mol. The van der Waals surface area contributed by atoms with Crippen LogP contribution < -0.4 is 75.0 Å². The number of hydrogen-bond donors (Lipinski definition) is 6. The van der Waals surface area contributed by atoms with Crippen LogP contribution in [0, 0.1) is 0 Å². The van der Waals surface area contributed by atoms with E-state index in [2.05, 4.69) is 134 Å². The fourth-order valence-electron chi connectivity index (χ4n) is 13.5. The van der Waals surface area contributed by atoms with Crippen molar-refractivity contribution in [3.63, 3.8) is 0 Å². The van der Waals surface area contributed by atoms with E-state index in [4.69, 9.17) is 63.2 Å². The first-order valence-corrected chi connectivity index (χ1v) is 40.8. The van der Waals surface area contributed by atoms with Crippen LogP contribution in [0.25, 0.3) is 0 Å². The number of sulfonamides is 1. The SMILES string of the molecule is C=CC(=O)Nc1cc(Nc2ncc(Cl)c(OC3CCN(C(C)=O)C3)n2)c(OC)cc1N1CCC(N(C)C)CC1.C=CC(=O)Nc1cc(Nc2ncc(Cl)c(O[C@@H]3CCN(C(C)=O)C3)n2)c(OC)cc1N1CCC(N(C)C)CC1.C=CC(=O)Nc1cc(Nc2ncc(Cl)c(O[C@@H]3CCN(S(C)(=O)=O)C3)n2)c(OC)cc1N(C)CCN(C)C. The number of likely N-dealkylation sites (tertiary alicyclic amines) is 2. The molecule has 5 aliphatic heterocycles. The minimum atomic E-state index is -3.31. The highest BCUT2D eigenvalue weighted by atomic mass is 35.5. The smallest absolute Gasteiger partial charge is 0.247 e. The van der Waals surface area contributed by atoms with Crippen molar-refractivity contribution in [1.29, 1.82) is 0 Å². The Morgan fingerprint density at radius 1 is 0.483 bits per heavy atom. The van der Waals surface area contributed by atoms with Crippen LogP contribution in [0.15, 0.2) is 93.0 Å². The van der Waals surface area contributed by atoms with Gasteiger partial charge in [0, 0.05) is 123 Å². The van der Waals surface area contributed by atoms with Gasteiger partial charge in [-0.3, -0.25) is 24.0 Å². The Hall–Kier alpha value is -10.3. The van der Waals surface area contributed by atoms with Gasteiger partial charge in [-0.05, 0) is 111 Å². The van der Waals surface area contributed by atoms with Gasteiger partial charge in [0.25, 0.3) is 0 Å². The molecule has 5 saturated heterocycles. The average Bonchev–Trinajstić information content (AvgIpc) is 0.916. The van der Waals surface area contributed by atoms with Crippen LogP contribution >= 0.6 is 34.8 Å². The molecule has 38 heteroatoms. The molecule has 5 amide bonds. The number of nitrogens with zero attached hydrogens (tertiary/aromatic N) is 15. The van der Waals surface area contributed by atoms with Gasteiger partial charge < -0.3 is 99.5 Å². The number of benzene rings is 3. The maximum Gasteiger partial charge on any atom is 0.247 e. The molecule has 628 valence electrons. The van der Waals surface area contributed by atoms with E-state index in [1.807, 2.05) is 44.2 Å². The zero-order valence-corrected chi connectivity index (χ0v) is 71.0. The van der Waals surface area contributed by atoms with Gasteiger partial charge in [-0.1, -0.05) is 54.5 Å². The Kier molecular flexibility index (Phi) is 32.1. The molecule has 34 nitrogen and oxygen atoms in total. The normalized spacial score (nSPS) is 17.1. The Balaban J connectivity index is 0.000000199. The van der Waals surface area contributed by atoms with E-state index in [0.717, 1.165) is 75.5 Å². The summed E-state index contributed by atoms with van der Waals surface area (Å²) in [5.41, 5.74) is 5.86. The summed E-state index contributed by atoms with van der Waals surface area (Å²) < 4.78 is 60.0. The molecule has 5 aliphatic rings. The lowest BCUT2D eigenvalue weighted by atomic mass is 10.0. The summed E-state index contributed by atoms with van der Waals surface area (Å²) in [4.78, 5) is 103. The first-order chi connectivity index (χ1) is 55.3. The van der Waals surface area contributed by atoms with Crippen molar-refractivity contribution in [3.05, 3.63) is 108 Å². The molecule has 0 radical (unpaired) electrons. The zero-order valence-electron chi connectivity index (χ0n) is 67.9. The molecule has 11 rings (SSSR count). The fourth-order valence-corrected chi connectivity index (χ4v) is 14.8. The lowest BCUT2D eigenvalue weighted by Gasteiger charge is -2.37. The molecule has 6 N–H and O–H groups in total. The minimum absolute atomic E-state index is 0.00852. The van der Waals surface area contributed by atoms with Gasteiger partial charge in [0.05, 0.1) is 117 Å². The first kappa shape index (κ1) is 89.7. The van der Waals surface area contributed by atoms with Gasteiger partial charge in [-0.15, -0.1) is 0 Å². The molecule has 0 bridgehead atoms. The predicted octanol–water partition coefficient (Wildman–Crippen LogP) is 9.49. The number of halogens is 3. The lowest BCUT2D eigenvalue weighted by molar-refractivity contribution is -0.128. The molecule has 6 aromatic rings. The summed E-state index contributed by atoms with van der Waals surface area (Å²) in [6.07, 6.45) is 14.3. The third-order valence-electron chi connectivity index (χ3n) is 20.1. The molecular formula is C78H106Cl3N21O13S. The second-order valence-corrected chi connectivity index (χ2v) is 32.1. The van der Waals surface area contributed by atoms with E-state index in [1.54, 1.807) is 42.2 Å². The van der Waals surface area contributed by atoms with E-state index in [-0.39, 0.29) is 98.8 Å². The number of carbonyl (C=O) groups excluding carboxylic acids is 5. The van der Waals surface area contributed by atoms with E-state index in [9.17, 15) is 32.4 Å². The minimum Gasteiger partial charge on any atom is -0.494 e. The van der Waals surface area contributed by atoms with Crippen LogP contribution in [0.2, 0.25) is 15.1 Å². The van der Waals surface area contributed by atoms with Gasteiger partial charge in [-0.25, -0.2) is 23.4 Å². The third kappa shape index (κ3) is 24.7. The monoisotopic (exact) mass is 1680 g/mol. The van der Waals surface area contributed by atoms with Crippen molar-refractivity contribution in [3.8, 4) is 34.9 Å². The molecule has 116 heavy (non-hydrogen) atoms. The highest BCUT2D eigenvalue weighted by molar-refractivity contribution is 7.88. The first-order valence-electron chi connectivity index (χ1n) is 37.8. The summed E-state index contributed by atoms with van der Waals surface area (Å²) in [5, 5.41) is 18.9. The molecular weight excluding hydrogens is 1580 g/mol. The molecule has 5 fully saturated rings. The van der Waals surface area contributed by atoms with Crippen molar-refractivity contribution < 1.29 is 60.8 Å².